The summed E-state index contributed by atoms with van der Waals surface area (Å²) in [7, 11) is -1.12. The first kappa shape index (κ1) is 23.6. The van der Waals surface area contributed by atoms with Crippen molar-refractivity contribution in [2.45, 2.75) is 50.8 Å². The van der Waals surface area contributed by atoms with E-state index in [4.69, 9.17) is 0 Å². The zero-order chi connectivity index (χ0) is 23.8. The quantitative estimate of drug-likeness (QED) is 0.504. The van der Waals surface area contributed by atoms with E-state index in [0.717, 1.165) is 36.9 Å². The van der Waals surface area contributed by atoms with Gasteiger partial charge in [-0.1, -0.05) is 0 Å². The van der Waals surface area contributed by atoms with Gasteiger partial charge < -0.3 is 0 Å². The molecule has 2 atom stereocenters. The molecule has 2 aromatic carbocycles. The molecule has 1 fully saturated rings. The molecular weight excluding hydrogens is 509 g/mol. The zero-order valence-corrected chi connectivity index (χ0v) is 22.4. The van der Waals surface area contributed by atoms with Crippen LogP contribution in [0.15, 0.2) is 60.8 Å². The van der Waals surface area contributed by atoms with Gasteiger partial charge >= 0.3 is 190 Å². The van der Waals surface area contributed by atoms with E-state index in [1.165, 1.54) is 15.6 Å². The first-order valence-corrected chi connectivity index (χ1v) is 14.6. The molecule has 178 valence electrons. The molecular formula is C26H31N5OSSe. The summed E-state index contributed by atoms with van der Waals surface area (Å²) in [4.78, 5) is 6.90. The third kappa shape index (κ3) is 4.82. The second-order valence-corrected chi connectivity index (χ2v) is 14.5. The first-order valence-electron chi connectivity index (χ1n) is 11.8. The van der Waals surface area contributed by atoms with Crippen LogP contribution in [0, 0.1) is 5.41 Å². The molecule has 1 unspecified atom stereocenters. The monoisotopic (exact) mass is 541 g/mol. The molecule has 5 rings (SSSR count). The average Bonchev–Trinajstić information content (AvgIpc) is 3.13. The second-order valence-electron chi connectivity index (χ2n) is 10.2. The molecule has 1 aromatic heterocycles. The van der Waals surface area contributed by atoms with Crippen molar-refractivity contribution in [1.29, 1.82) is 0 Å². The van der Waals surface area contributed by atoms with Gasteiger partial charge in [0, 0.05) is 0 Å². The third-order valence-corrected chi connectivity index (χ3v) is 10.3. The van der Waals surface area contributed by atoms with Crippen LogP contribution in [0.5, 0.6) is 0 Å². The molecule has 0 bridgehead atoms. The maximum absolute atomic E-state index is 13.1. The van der Waals surface area contributed by atoms with Gasteiger partial charge in [-0.15, -0.1) is 0 Å². The number of benzene rings is 2. The van der Waals surface area contributed by atoms with Crippen molar-refractivity contribution in [3.8, 4) is 0 Å². The molecule has 0 amide bonds. The summed E-state index contributed by atoms with van der Waals surface area (Å²) in [6.07, 6.45) is 4.90. The van der Waals surface area contributed by atoms with Gasteiger partial charge in [-0.25, -0.2) is 0 Å². The first-order chi connectivity index (χ1) is 16.3. The molecule has 8 heteroatoms. The van der Waals surface area contributed by atoms with Crippen LogP contribution in [0.3, 0.4) is 0 Å². The van der Waals surface area contributed by atoms with E-state index in [1.54, 1.807) is 0 Å². The van der Waals surface area contributed by atoms with E-state index in [0.29, 0.717) is 5.95 Å². The topological polar surface area (TPSA) is 71.0 Å². The Bertz CT molecular complexity index is 1160. The van der Waals surface area contributed by atoms with E-state index in [2.05, 4.69) is 73.3 Å². The van der Waals surface area contributed by atoms with Crippen LogP contribution in [0.2, 0.25) is 0 Å². The summed E-state index contributed by atoms with van der Waals surface area (Å²) in [5.41, 5.74) is 2.74. The molecule has 0 saturated carbocycles. The van der Waals surface area contributed by atoms with Gasteiger partial charge in [0.1, 0.15) is 0 Å². The van der Waals surface area contributed by atoms with Gasteiger partial charge in [0.2, 0.25) is 0 Å². The van der Waals surface area contributed by atoms with Crippen molar-refractivity contribution in [1.82, 2.24) is 19.9 Å². The number of hydrogen-bond acceptors (Lipinski definition) is 5. The Morgan fingerprint density at radius 3 is 2.41 bits per heavy atom. The Kier molecular flexibility index (Phi) is 6.60. The van der Waals surface area contributed by atoms with E-state index >= 15 is 0 Å². The van der Waals surface area contributed by atoms with Gasteiger partial charge in [0.25, 0.3) is 0 Å². The van der Waals surface area contributed by atoms with Crippen molar-refractivity contribution in [3.05, 3.63) is 71.9 Å². The number of anilines is 1. The molecule has 0 radical (unpaired) electrons. The van der Waals surface area contributed by atoms with Gasteiger partial charge in [-0.3, -0.25) is 0 Å². The fourth-order valence-electron chi connectivity index (χ4n) is 4.94. The number of piperidine rings is 1. The molecule has 34 heavy (non-hydrogen) atoms. The van der Waals surface area contributed by atoms with Crippen LogP contribution >= 0.6 is 0 Å². The molecule has 2 heterocycles. The fourth-order valence-corrected chi connectivity index (χ4v) is 7.40. The fraction of sp³-hybridized carbons (Fsp3) is 0.423. The molecule has 1 N–H and O–H groups in total. The number of fused-ring (bicyclic) bond motifs is 1. The summed E-state index contributed by atoms with van der Waals surface area (Å²) < 4.78 is 18.5. The van der Waals surface area contributed by atoms with Gasteiger partial charge in [-0.05, 0) is 20.8 Å². The standard InChI is InChI=1S/C26H31N5OSSe/c1-25(2,3)33(32)30-23-21-12-8-7-9-19(21)17-26(23)13-15-31(16-14-26)24-27-18-22(28-29-24)34-20-10-5-4-6-11-20/h4-12,18,23,30H,13-17H2,1-3H3/t23-,33?/m1/s1. The molecule has 3 aromatic rings. The minimum absolute atomic E-state index is 0.0604. The van der Waals surface area contributed by atoms with Crippen molar-refractivity contribution in [2.24, 2.45) is 5.41 Å². The summed E-state index contributed by atoms with van der Waals surface area (Å²) in [6.45, 7) is 7.83. The number of rotatable bonds is 5. The Morgan fingerprint density at radius 1 is 1.03 bits per heavy atom. The maximum atomic E-state index is 13.1. The normalized spacial score (nSPS) is 20.3. The molecule has 1 saturated heterocycles. The Hall–Kier alpha value is -2.12. The Morgan fingerprint density at radius 2 is 1.74 bits per heavy atom. The molecule has 2 aliphatic rings. The average molecular weight is 541 g/mol. The second kappa shape index (κ2) is 9.50. The summed E-state index contributed by atoms with van der Waals surface area (Å²) in [5, 5.41) is 8.94. The van der Waals surface area contributed by atoms with Crippen molar-refractivity contribution in [2.75, 3.05) is 18.0 Å². The zero-order valence-electron chi connectivity index (χ0n) is 19.9. The third-order valence-electron chi connectivity index (χ3n) is 6.84. The Labute approximate surface area is 210 Å². The SMILES string of the molecule is CC(C)(C)S(=O)N[C@@H]1c2ccccc2CC12CCN(c1ncc([Se]c3ccccc3)nn1)CC2. The van der Waals surface area contributed by atoms with Crippen LogP contribution in [-0.2, 0) is 17.4 Å². The Balaban J connectivity index is 1.29. The molecule has 1 spiro atoms. The van der Waals surface area contributed by atoms with Gasteiger partial charge in [0.05, 0.1) is 0 Å². The van der Waals surface area contributed by atoms with E-state index in [1.807, 2.05) is 33.0 Å². The number of nitrogens with zero attached hydrogens (tertiary/aromatic N) is 4. The van der Waals surface area contributed by atoms with E-state index in [9.17, 15) is 4.21 Å². The van der Waals surface area contributed by atoms with Crippen molar-refractivity contribution < 1.29 is 4.21 Å². The van der Waals surface area contributed by atoms with Crippen LogP contribution in [0.1, 0.15) is 50.8 Å². The predicted molar refractivity (Wildman–Crippen MR) is 139 cm³/mol. The van der Waals surface area contributed by atoms with Crippen LogP contribution in [0.4, 0.5) is 5.95 Å². The van der Waals surface area contributed by atoms with Crippen LogP contribution in [-0.4, -0.2) is 52.2 Å². The number of hydrogen-bond donors (Lipinski definition) is 1. The number of nitrogens with one attached hydrogen (secondary N) is 1. The van der Waals surface area contributed by atoms with Gasteiger partial charge in [0.15, 0.2) is 0 Å². The summed E-state index contributed by atoms with van der Waals surface area (Å²) >= 11 is 0.114. The summed E-state index contributed by atoms with van der Waals surface area (Å²) in [5.74, 6) is 0.709. The molecule has 1 aliphatic heterocycles. The van der Waals surface area contributed by atoms with Crippen molar-refractivity contribution in [3.63, 3.8) is 0 Å². The summed E-state index contributed by atoms with van der Waals surface area (Å²) in [6, 6.07) is 19.1. The predicted octanol–water partition coefficient (Wildman–Crippen LogP) is 2.46. The van der Waals surface area contributed by atoms with E-state index in [-0.39, 0.29) is 31.2 Å². The minimum atomic E-state index is -1.12. The molecule has 1 aliphatic carbocycles. The van der Waals surface area contributed by atoms with Gasteiger partial charge in [-0.2, -0.15) is 0 Å². The van der Waals surface area contributed by atoms with E-state index < -0.39 is 11.0 Å². The van der Waals surface area contributed by atoms with Crippen LogP contribution in [0.25, 0.3) is 0 Å². The number of aromatic nitrogens is 3. The van der Waals surface area contributed by atoms with Crippen molar-refractivity contribution >= 4 is 40.9 Å². The molecule has 6 nitrogen and oxygen atoms in total. The van der Waals surface area contributed by atoms with Crippen LogP contribution < -0.4 is 18.7 Å².